The molecule has 19 heavy (non-hydrogen) atoms. The fraction of sp³-hybridized carbons (Fsp3) is 0.500. The molecule has 0 atom stereocenters. The number of hydrogen-bond donors (Lipinski definition) is 2. The number of nitrogens with two attached hydrogens (primary N) is 1. The zero-order chi connectivity index (χ0) is 14.7. The Morgan fingerprint density at radius 2 is 1.95 bits per heavy atom. The molecule has 0 aromatic heterocycles. The second-order valence-electron chi connectivity index (χ2n) is 4.47. The molecule has 1 aromatic carbocycles. The van der Waals surface area contributed by atoms with Gasteiger partial charge in [0.15, 0.2) is 0 Å². The summed E-state index contributed by atoms with van der Waals surface area (Å²) in [6.07, 6.45) is 1.39. The highest BCUT2D eigenvalue weighted by Gasteiger charge is 2.25. The normalized spacial score (nSPS) is 12.7. The van der Waals surface area contributed by atoms with Crippen LogP contribution in [0.1, 0.15) is 26.7 Å². The van der Waals surface area contributed by atoms with Crippen molar-refractivity contribution in [3.8, 4) is 0 Å². The summed E-state index contributed by atoms with van der Waals surface area (Å²) in [6.45, 7) is 4.06. The Labute approximate surface area is 127 Å². The predicted octanol–water partition coefficient (Wildman–Crippen LogP) is 2.90. The fourth-order valence-electron chi connectivity index (χ4n) is 1.51. The molecule has 108 valence electrons. The van der Waals surface area contributed by atoms with E-state index in [1.807, 2.05) is 13.8 Å². The van der Waals surface area contributed by atoms with E-state index in [-0.39, 0.29) is 16.5 Å². The van der Waals surface area contributed by atoms with Crippen molar-refractivity contribution >= 4 is 37.6 Å². The van der Waals surface area contributed by atoms with Crippen LogP contribution in [0, 0.1) is 0 Å². The van der Waals surface area contributed by atoms with Crippen molar-refractivity contribution in [2.45, 2.75) is 37.1 Å². The molecule has 4 nitrogen and oxygen atoms in total. The first-order chi connectivity index (χ1) is 8.74. The molecular weight excluding hydrogens is 352 g/mol. The maximum absolute atomic E-state index is 12.2. The molecule has 1 aromatic rings. The van der Waals surface area contributed by atoms with Crippen LogP contribution in [0.5, 0.6) is 0 Å². The second kappa shape index (κ2) is 6.54. The number of halogens is 2. The third-order valence-electron chi connectivity index (χ3n) is 3.21. The van der Waals surface area contributed by atoms with E-state index in [2.05, 4.69) is 20.7 Å². The van der Waals surface area contributed by atoms with Crippen LogP contribution in [-0.4, -0.2) is 20.5 Å². The third kappa shape index (κ3) is 4.43. The monoisotopic (exact) mass is 368 g/mol. The number of sulfonamides is 1. The molecule has 3 N–H and O–H groups in total. The highest BCUT2D eigenvalue weighted by atomic mass is 79.9. The van der Waals surface area contributed by atoms with E-state index >= 15 is 0 Å². The van der Waals surface area contributed by atoms with E-state index in [0.717, 1.165) is 4.47 Å². The second-order valence-corrected chi connectivity index (χ2v) is 7.53. The van der Waals surface area contributed by atoms with Gasteiger partial charge in [-0.1, -0.05) is 41.4 Å². The van der Waals surface area contributed by atoms with E-state index < -0.39 is 15.6 Å². The van der Waals surface area contributed by atoms with Gasteiger partial charge in [0.1, 0.15) is 4.90 Å². The Morgan fingerprint density at radius 3 is 2.42 bits per heavy atom. The zero-order valence-corrected chi connectivity index (χ0v) is 14.1. The largest absolute Gasteiger partial charge is 0.324 e. The molecule has 0 unspecified atom stereocenters. The summed E-state index contributed by atoms with van der Waals surface area (Å²) in [5.74, 6) is 0. The lowest BCUT2D eigenvalue weighted by Crippen LogP contribution is -2.49. The summed E-state index contributed by atoms with van der Waals surface area (Å²) in [4.78, 5) is 0.0620. The van der Waals surface area contributed by atoms with Crippen molar-refractivity contribution in [2.24, 2.45) is 5.73 Å². The summed E-state index contributed by atoms with van der Waals surface area (Å²) in [7, 11) is -3.64. The Balaban J connectivity index is 2.93. The molecule has 1 rings (SSSR count). The average Bonchev–Trinajstić information content (AvgIpc) is 2.35. The number of hydrogen-bond acceptors (Lipinski definition) is 3. The van der Waals surface area contributed by atoms with Crippen LogP contribution in [0.3, 0.4) is 0 Å². The summed E-state index contributed by atoms with van der Waals surface area (Å²) in [5.41, 5.74) is 5.54. The standard InChI is InChI=1S/C12H18BrClN2O2S/c1-3-12(15,4-2)8-16-19(17,18)11-6-5-9(13)7-10(11)14/h5-7,16H,3-4,8,15H2,1-2H3. The van der Waals surface area contributed by atoms with Crippen LogP contribution in [0.4, 0.5) is 0 Å². The molecular formula is C12H18BrClN2O2S. The van der Waals surface area contributed by atoms with Gasteiger partial charge in [-0.15, -0.1) is 0 Å². The number of nitrogens with one attached hydrogen (secondary N) is 1. The SMILES string of the molecule is CCC(N)(CC)CNS(=O)(=O)c1ccc(Br)cc1Cl. The Bertz CT molecular complexity index is 545. The minimum Gasteiger partial charge on any atom is -0.324 e. The Kier molecular flexibility index (Phi) is 5.82. The van der Waals surface area contributed by atoms with E-state index in [1.165, 1.54) is 6.07 Å². The predicted molar refractivity (Wildman–Crippen MR) is 81.8 cm³/mol. The van der Waals surface area contributed by atoms with Gasteiger partial charge in [0.2, 0.25) is 10.0 Å². The minimum atomic E-state index is -3.64. The van der Waals surface area contributed by atoms with Gasteiger partial charge in [0.25, 0.3) is 0 Å². The highest BCUT2D eigenvalue weighted by Crippen LogP contribution is 2.25. The van der Waals surface area contributed by atoms with Crippen molar-refractivity contribution in [1.29, 1.82) is 0 Å². The smallest absolute Gasteiger partial charge is 0.242 e. The Hall–Kier alpha value is -0.140. The first kappa shape index (κ1) is 16.9. The molecule has 0 fully saturated rings. The topological polar surface area (TPSA) is 72.2 Å². The highest BCUT2D eigenvalue weighted by molar-refractivity contribution is 9.10. The van der Waals surface area contributed by atoms with Crippen LogP contribution >= 0.6 is 27.5 Å². The molecule has 0 radical (unpaired) electrons. The van der Waals surface area contributed by atoms with Gasteiger partial charge in [0, 0.05) is 16.6 Å². The van der Waals surface area contributed by atoms with Crippen LogP contribution in [0.15, 0.2) is 27.6 Å². The van der Waals surface area contributed by atoms with Crippen LogP contribution in [0.25, 0.3) is 0 Å². The van der Waals surface area contributed by atoms with Gasteiger partial charge in [-0.25, -0.2) is 13.1 Å². The summed E-state index contributed by atoms with van der Waals surface area (Å²) >= 11 is 9.19. The minimum absolute atomic E-state index is 0.0620. The fourth-order valence-corrected chi connectivity index (χ4v) is 3.68. The van der Waals surface area contributed by atoms with Crippen molar-refractivity contribution < 1.29 is 8.42 Å². The van der Waals surface area contributed by atoms with Gasteiger partial charge >= 0.3 is 0 Å². The first-order valence-electron chi connectivity index (χ1n) is 5.97. The molecule has 0 heterocycles. The lowest BCUT2D eigenvalue weighted by Gasteiger charge is -2.26. The van der Waals surface area contributed by atoms with Gasteiger partial charge in [0.05, 0.1) is 5.02 Å². The molecule has 0 amide bonds. The maximum atomic E-state index is 12.2. The van der Waals surface area contributed by atoms with E-state index in [9.17, 15) is 8.42 Å². The summed E-state index contributed by atoms with van der Waals surface area (Å²) < 4.78 is 27.6. The lowest BCUT2D eigenvalue weighted by molar-refractivity contribution is 0.392. The lowest BCUT2D eigenvalue weighted by atomic mass is 9.95. The molecule has 0 saturated carbocycles. The van der Waals surface area contributed by atoms with E-state index in [0.29, 0.717) is 12.8 Å². The van der Waals surface area contributed by atoms with Crippen molar-refractivity contribution in [3.63, 3.8) is 0 Å². The van der Waals surface area contributed by atoms with Gasteiger partial charge < -0.3 is 5.73 Å². The molecule has 0 aliphatic heterocycles. The molecule has 0 aliphatic carbocycles. The molecule has 7 heteroatoms. The average molecular weight is 370 g/mol. The summed E-state index contributed by atoms with van der Waals surface area (Å²) in [5, 5.41) is 0.178. The maximum Gasteiger partial charge on any atom is 0.242 e. The third-order valence-corrected chi connectivity index (χ3v) is 5.58. The summed E-state index contributed by atoms with van der Waals surface area (Å²) in [6, 6.07) is 4.64. The van der Waals surface area contributed by atoms with Gasteiger partial charge in [-0.05, 0) is 31.0 Å². The molecule has 0 aliphatic rings. The number of rotatable bonds is 6. The van der Waals surface area contributed by atoms with Gasteiger partial charge in [-0.2, -0.15) is 0 Å². The quantitative estimate of drug-likeness (QED) is 0.810. The molecule has 0 saturated heterocycles. The van der Waals surface area contributed by atoms with E-state index in [4.69, 9.17) is 17.3 Å². The number of benzene rings is 1. The zero-order valence-electron chi connectivity index (χ0n) is 10.9. The first-order valence-corrected chi connectivity index (χ1v) is 8.63. The van der Waals surface area contributed by atoms with Crippen LogP contribution in [-0.2, 0) is 10.0 Å². The van der Waals surface area contributed by atoms with Gasteiger partial charge in [-0.3, -0.25) is 0 Å². The van der Waals surface area contributed by atoms with Crippen LogP contribution in [0.2, 0.25) is 5.02 Å². The Morgan fingerprint density at radius 1 is 1.37 bits per heavy atom. The van der Waals surface area contributed by atoms with Crippen molar-refractivity contribution in [2.75, 3.05) is 6.54 Å². The molecule has 0 spiro atoms. The molecule has 0 bridgehead atoms. The van der Waals surface area contributed by atoms with E-state index in [1.54, 1.807) is 12.1 Å². The van der Waals surface area contributed by atoms with Crippen molar-refractivity contribution in [3.05, 3.63) is 27.7 Å². The van der Waals surface area contributed by atoms with Crippen molar-refractivity contribution in [1.82, 2.24) is 4.72 Å². The van der Waals surface area contributed by atoms with Crippen LogP contribution < -0.4 is 10.5 Å².